The van der Waals surface area contributed by atoms with Crippen LogP contribution in [0, 0.1) is 0 Å². The van der Waals surface area contributed by atoms with Gasteiger partial charge in [0.1, 0.15) is 24.6 Å². The minimum Gasteiger partial charge on any atom is -0.394 e. The van der Waals surface area contributed by atoms with Gasteiger partial charge in [-0.05, 0) is 0 Å². The lowest BCUT2D eigenvalue weighted by Gasteiger charge is -2.15. The molecule has 1 aromatic heterocycles. The zero-order valence-electron chi connectivity index (χ0n) is 8.35. The van der Waals surface area contributed by atoms with Crippen molar-refractivity contribution in [2.24, 2.45) is 5.73 Å². The summed E-state index contributed by atoms with van der Waals surface area (Å²) in [6.45, 7) is -0.0665. The van der Waals surface area contributed by atoms with Gasteiger partial charge in [0, 0.05) is 0 Å². The summed E-state index contributed by atoms with van der Waals surface area (Å²) in [7, 11) is 0. The van der Waals surface area contributed by atoms with Gasteiger partial charge in [0.25, 0.3) is 5.91 Å². The number of hydrogen-bond donors (Lipinski definition) is 3. The number of rotatable bonds is 3. The molecule has 1 saturated heterocycles. The number of aliphatic hydroxyl groups excluding tert-OH is 2. The van der Waals surface area contributed by atoms with E-state index in [4.69, 9.17) is 15.6 Å². The molecule has 0 aliphatic carbocycles. The van der Waals surface area contributed by atoms with Crippen LogP contribution in [0.15, 0.2) is 6.33 Å². The van der Waals surface area contributed by atoms with Gasteiger partial charge in [-0.3, -0.25) is 4.79 Å². The summed E-state index contributed by atoms with van der Waals surface area (Å²) in [5.74, 6) is -0.842. The molecular weight excluding hydrogens is 216 g/mol. The maximum atomic E-state index is 10.8. The monoisotopic (exact) mass is 228 g/mol. The number of aromatic nitrogens is 3. The van der Waals surface area contributed by atoms with E-state index >= 15 is 0 Å². The van der Waals surface area contributed by atoms with Gasteiger partial charge in [0.15, 0.2) is 0 Å². The molecule has 88 valence electrons. The second-order valence-electron chi connectivity index (χ2n) is 3.52. The molecule has 0 unspecified atom stereocenters. The van der Waals surface area contributed by atoms with Crippen LogP contribution in [0.2, 0.25) is 0 Å². The van der Waals surface area contributed by atoms with E-state index in [0.29, 0.717) is 0 Å². The first-order valence-corrected chi connectivity index (χ1v) is 4.75. The van der Waals surface area contributed by atoms with Gasteiger partial charge in [0.2, 0.25) is 5.82 Å². The van der Waals surface area contributed by atoms with Crippen molar-refractivity contribution < 1.29 is 19.7 Å². The normalized spacial score (nSPS) is 29.5. The fourth-order valence-electron chi connectivity index (χ4n) is 1.61. The molecule has 1 aliphatic heterocycles. The van der Waals surface area contributed by atoms with Crippen molar-refractivity contribution in [2.45, 2.75) is 18.2 Å². The Bertz CT molecular complexity index is 393. The Balaban J connectivity index is 2.15. The van der Waals surface area contributed by atoms with Gasteiger partial charge < -0.3 is 20.7 Å². The zero-order chi connectivity index (χ0) is 11.7. The number of carbonyl (C=O) groups excluding carboxylic acids is 1. The Morgan fingerprint density at radius 3 is 3.00 bits per heavy atom. The first-order chi connectivity index (χ1) is 7.63. The van der Waals surface area contributed by atoms with Crippen LogP contribution in [-0.2, 0) is 4.74 Å². The zero-order valence-corrected chi connectivity index (χ0v) is 8.35. The van der Waals surface area contributed by atoms with Crippen LogP contribution in [0.1, 0.15) is 16.7 Å². The third-order valence-corrected chi connectivity index (χ3v) is 2.50. The van der Waals surface area contributed by atoms with E-state index in [9.17, 15) is 9.90 Å². The predicted molar refractivity (Wildman–Crippen MR) is 50.4 cm³/mol. The van der Waals surface area contributed by atoms with Crippen LogP contribution in [0.4, 0.5) is 0 Å². The lowest BCUT2D eigenvalue weighted by atomic mass is 10.1. The molecule has 1 fully saturated rings. The van der Waals surface area contributed by atoms with Gasteiger partial charge in [-0.15, -0.1) is 5.10 Å². The summed E-state index contributed by atoms with van der Waals surface area (Å²) in [6, 6.07) is -0.460. The van der Waals surface area contributed by atoms with Crippen molar-refractivity contribution in [2.75, 3.05) is 13.2 Å². The van der Waals surface area contributed by atoms with E-state index in [-0.39, 0.29) is 19.0 Å². The Morgan fingerprint density at radius 2 is 2.50 bits per heavy atom. The van der Waals surface area contributed by atoms with E-state index in [0.717, 1.165) is 0 Å². The van der Waals surface area contributed by atoms with E-state index in [2.05, 4.69) is 10.1 Å². The number of hydrogen-bond acceptors (Lipinski definition) is 6. The molecule has 0 saturated carbocycles. The number of ether oxygens (including phenoxy) is 1. The van der Waals surface area contributed by atoms with Gasteiger partial charge in [-0.25, -0.2) is 9.67 Å². The van der Waals surface area contributed by atoms with E-state index in [1.54, 1.807) is 0 Å². The van der Waals surface area contributed by atoms with Crippen molar-refractivity contribution in [3.63, 3.8) is 0 Å². The fourth-order valence-corrected chi connectivity index (χ4v) is 1.61. The third kappa shape index (κ3) is 1.77. The SMILES string of the molecule is NC(=O)c1ncn([C@@H]2CO[C@H](CO)[C@H]2O)n1. The van der Waals surface area contributed by atoms with E-state index in [1.165, 1.54) is 11.0 Å². The fraction of sp³-hybridized carbons (Fsp3) is 0.625. The van der Waals surface area contributed by atoms with Crippen LogP contribution in [-0.4, -0.2) is 56.3 Å². The van der Waals surface area contributed by atoms with Crippen molar-refractivity contribution in [1.82, 2.24) is 14.8 Å². The first kappa shape index (κ1) is 11.0. The molecule has 1 aromatic rings. The molecule has 8 heteroatoms. The summed E-state index contributed by atoms with van der Waals surface area (Å²) in [5.41, 5.74) is 5.00. The summed E-state index contributed by atoms with van der Waals surface area (Å²) in [4.78, 5) is 14.5. The number of amides is 1. The maximum Gasteiger partial charge on any atom is 0.288 e. The van der Waals surface area contributed by atoms with Crippen LogP contribution < -0.4 is 5.73 Å². The average Bonchev–Trinajstić information content (AvgIpc) is 2.83. The lowest BCUT2D eigenvalue weighted by Crippen LogP contribution is -2.31. The van der Waals surface area contributed by atoms with Crippen LogP contribution >= 0.6 is 0 Å². The minimum absolute atomic E-state index is 0.111. The van der Waals surface area contributed by atoms with Crippen molar-refractivity contribution in [3.05, 3.63) is 12.2 Å². The molecule has 16 heavy (non-hydrogen) atoms. The van der Waals surface area contributed by atoms with Crippen molar-refractivity contribution >= 4 is 5.91 Å². The van der Waals surface area contributed by atoms with Crippen molar-refractivity contribution in [3.8, 4) is 0 Å². The third-order valence-electron chi connectivity index (χ3n) is 2.50. The van der Waals surface area contributed by atoms with Gasteiger partial charge in [-0.1, -0.05) is 0 Å². The molecule has 0 radical (unpaired) electrons. The maximum absolute atomic E-state index is 10.8. The van der Waals surface area contributed by atoms with Crippen LogP contribution in [0.5, 0.6) is 0 Å². The largest absolute Gasteiger partial charge is 0.394 e. The molecule has 2 rings (SSSR count). The summed E-state index contributed by atoms with van der Waals surface area (Å²) >= 11 is 0. The van der Waals surface area contributed by atoms with E-state index in [1.807, 2.05) is 0 Å². The standard InChI is InChI=1S/C8H12N4O4/c9-7(15)8-10-3-12(11-8)4-2-16-5(1-13)6(4)14/h3-6,13-14H,1-2H2,(H2,9,15)/t4-,5-,6+/m1/s1. The molecule has 1 amide bonds. The van der Waals surface area contributed by atoms with Crippen molar-refractivity contribution in [1.29, 1.82) is 0 Å². The Labute approximate surface area is 90.6 Å². The van der Waals surface area contributed by atoms with E-state index < -0.39 is 24.2 Å². The predicted octanol–water partition coefficient (Wildman–Crippen LogP) is -2.33. The summed E-state index contributed by atoms with van der Waals surface area (Å²) < 4.78 is 6.47. The summed E-state index contributed by atoms with van der Waals surface area (Å²) in [6.07, 6.45) is -0.212. The molecule has 1 aliphatic rings. The molecular formula is C8H12N4O4. The van der Waals surface area contributed by atoms with Gasteiger partial charge in [-0.2, -0.15) is 0 Å². The molecule has 0 aromatic carbocycles. The molecule has 8 nitrogen and oxygen atoms in total. The van der Waals surface area contributed by atoms with Gasteiger partial charge in [0.05, 0.1) is 13.2 Å². The molecule has 2 heterocycles. The number of primary amides is 1. The second-order valence-corrected chi connectivity index (χ2v) is 3.52. The number of aliphatic hydroxyl groups is 2. The lowest BCUT2D eigenvalue weighted by molar-refractivity contribution is 0.00171. The smallest absolute Gasteiger partial charge is 0.288 e. The quantitative estimate of drug-likeness (QED) is 0.533. The Kier molecular flexibility index (Phi) is 2.86. The summed E-state index contributed by atoms with van der Waals surface area (Å²) in [5, 5.41) is 22.5. The Hall–Kier alpha value is -1.51. The molecule has 0 bridgehead atoms. The average molecular weight is 228 g/mol. The molecule has 3 atom stereocenters. The minimum atomic E-state index is -0.882. The number of nitrogens with zero attached hydrogens (tertiary/aromatic N) is 3. The molecule has 0 spiro atoms. The topological polar surface area (TPSA) is 123 Å². The number of nitrogens with two attached hydrogens (primary N) is 1. The van der Waals surface area contributed by atoms with Gasteiger partial charge >= 0.3 is 0 Å². The molecule has 4 N–H and O–H groups in total. The highest BCUT2D eigenvalue weighted by atomic mass is 16.5. The van der Waals surface area contributed by atoms with Crippen LogP contribution in [0.25, 0.3) is 0 Å². The van der Waals surface area contributed by atoms with Crippen LogP contribution in [0.3, 0.4) is 0 Å². The highest BCUT2D eigenvalue weighted by Gasteiger charge is 2.37. The second kappa shape index (κ2) is 4.16. The first-order valence-electron chi connectivity index (χ1n) is 4.75. The highest BCUT2D eigenvalue weighted by molar-refractivity contribution is 5.88. The Morgan fingerprint density at radius 1 is 1.75 bits per heavy atom. The number of carbonyl (C=O) groups is 1. The highest BCUT2D eigenvalue weighted by Crippen LogP contribution is 2.23.